The van der Waals surface area contributed by atoms with Gasteiger partial charge in [0.2, 0.25) is 0 Å². The van der Waals surface area contributed by atoms with Gasteiger partial charge in [-0.15, -0.1) is 0 Å². The maximum atomic E-state index is 9.21. The molecule has 1 aliphatic heterocycles. The van der Waals surface area contributed by atoms with Gasteiger partial charge >= 0.3 is 0 Å². The maximum absolute atomic E-state index is 9.21. The van der Waals surface area contributed by atoms with Crippen molar-refractivity contribution < 1.29 is 5.11 Å². The highest BCUT2D eigenvalue weighted by Crippen LogP contribution is 2.23. The van der Waals surface area contributed by atoms with Gasteiger partial charge in [-0.25, -0.2) is 0 Å². The highest BCUT2D eigenvalue weighted by atomic mass is 16.3. The third kappa shape index (κ3) is 0.580. The van der Waals surface area contributed by atoms with E-state index >= 15 is 0 Å². The zero-order chi connectivity index (χ0) is 6.27. The van der Waals surface area contributed by atoms with E-state index in [1.54, 1.807) is 6.20 Å². The molecule has 3 nitrogen and oxygen atoms in total. The van der Waals surface area contributed by atoms with Crippen molar-refractivity contribution >= 4 is 0 Å². The van der Waals surface area contributed by atoms with Gasteiger partial charge < -0.3 is 5.11 Å². The molecule has 1 N–H and O–H groups in total. The van der Waals surface area contributed by atoms with Crippen molar-refractivity contribution in [2.45, 2.75) is 19.1 Å². The molecule has 1 aromatic heterocycles. The Balaban J connectivity index is 2.49. The van der Waals surface area contributed by atoms with Crippen LogP contribution >= 0.6 is 0 Å². The monoisotopic (exact) mass is 124 g/mol. The highest BCUT2D eigenvalue weighted by Gasteiger charge is 2.19. The van der Waals surface area contributed by atoms with E-state index in [-0.39, 0.29) is 6.10 Å². The lowest BCUT2D eigenvalue weighted by atomic mass is 10.2. The van der Waals surface area contributed by atoms with E-state index in [0.29, 0.717) is 0 Å². The summed E-state index contributed by atoms with van der Waals surface area (Å²) in [5.74, 6) is 0. The molecule has 3 heteroatoms. The van der Waals surface area contributed by atoms with Gasteiger partial charge in [-0.2, -0.15) is 5.10 Å². The summed E-state index contributed by atoms with van der Waals surface area (Å²) in [6, 6.07) is 1.86. The van der Waals surface area contributed by atoms with Gasteiger partial charge in [0.15, 0.2) is 0 Å². The first-order valence-corrected chi connectivity index (χ1v) is 3.08. The van der Waals surface area contributed by atoms with Crippen LogP contribution in [0.25, 0.3) is 0 Å². The molecule has 2 heterocycles. The molecule has 0 bridgehead atoms. The largest absolute Gasteiger partial charge is 0.387 e. The van der Waals surface area contributed by atoms with Crippen molar-refractivity contribution in [3.8, 4) is 0 Å². The number of aliphatic hydroxyl groups is 1. The standard InChI is InChI=1S/C6H8N2O/c9-6-2-4-8-5(6)1-3-7-8/h1,3,6,9H,2,4H2. The zero-order valence-corrected chi connectivity index (χ0v) is 4.99. The SMILES string of the molecule is OC1CCn2nccc21. The van der Waals surface area contributed by atoms with Gasteiger partial charge in [-0.3, -0.25) is 4.68 Å². The van der Waals surface area contributed by atoms with E-state index in [1.807, 2.05) is 10.7 Å². The Hall–Kier alpha value is -0.830. The first-order valence-electron chi connectivity index (χ1n) is 3.08. The molecular weight excluding hydrogens is 116 g/mol. The van der Waals surface area contributed by atoms with Gasteiger partial charge in [0, 0.05) is 12.7 Å². The van der Waals surface area contributed by atoms with Crippen molar-refractivity contribution in [2.24, 2.45) is 0 Å². The van der Waals surface area contributed by atoms with Crippen molar-refractivity contribution in [3.05, 3.63) is 18.0 Å². The summed E-state index contributed by atoms with van der Waals surface area (Å²) >= 11 is 0. The number of aliphatic hydroxyl groups excluding tert-OH is 1. The fourth-order valence-electron chi connectivity index (χ4n) is 1.21. The van der Waals surface area contributed by atoms with Crippen LogP contribution < -0.4 is 0 Å². The number of nitrogens with zero attached hydrogens (tertiary/aromatic N) is 2. The van der Waals surface area contributed by atoms with Crippen LogP contribution in [0, 0.1) is 0 Å². The number of hydrogen-bond donors (Lipinski definition) is 1. The lowest BCUT2D eigenvalue weighted by molar-refractivity contribution is 0.180. The predicted octanol–water partition coefficient (Wildman–Crippen LogP) is 0.320. The van der Waals surface area contributed by atoms with Gasteiger partial charge in [0.05, 0.1) is 11.8 Å². The third-order valence-corrected chi connectivity index (χ3v) is 1.71. The molecular formula is C6H8N2O. The van der Waals surface area contributed by atoms with Gasteiger partial charge in [0.25, 0.3) is 0 Å². The van der Waals surface area contributed by atoms with E-state index in [9.17, 15) is 5.11 Å². The fraction of sp³-hybridized carbons (Fsp3) is 0.500. The molecule has 1 aromatic rings. The van der Waals surface area contributed by atoms with Gasteiger partial charge in [-0.1, -0.05) is 0 Å². The Bertz CT molecular complexity index is 219. The van der Waals surface area contributed by atoms with Crippen LogP contribution in [0.5, 0.6) is 0 Å². The van der Waals surface area contributed by atoms with E-state index in [4.69, 9.17) is 0 Å². The minimum absolute atomic E-state index is 0.271. The molecule has 0 fully saturated rings. The first kappa shape index (κ1) is 4.99. The van der Waals surface area contributed by atoms with Crippen molar-refractivity contribution in [3.63, 3.8) is 0 Å². The summed E-state index contributed by atoms with van der Waals surface area (Å²) in [6.45, 7) is 0.865. The summed E-state index contributed by atoms with van der Waals surface area (Å²) in [4.78, 5) is 0. The molecule has 0 aromatic carbocycles. The number of aryl methyl sites for hydroxylation is 1. The summed E-state index contributed by atoms with van der Waals surface area (Å²) in [5.41, 5.74) is 0.954. The van der Waals surface area contributed by atoms with E-state index in [0.717, 1.165) is 18.7 Å². The number of fused-ring (bicyclic) bond motifs is 1. The maximum Gasteiger partial charge on any atom is 0.0974 e. The summed E-state index contributed by atoms with van der Waals surface area (Å²) in [7, 11) is 0. The first-order chi connectivity index (χ1) is 4.38. The Kier molecular flexibility index (Phi) is 0.873. The quantitative estimate of drug-likeness (QED) is 0.541. The third-order valence-electron chi connectivity index (χ3n) is 1.71. The molecule has 48 valence electrons. The summed E-state index contributed by atoms with van der Waals surface area (Å²) in [6.07, 6.45) is 2.27. The predicted molar refractivity (Wildman–Crippen MR) is 31.8 cm³/mol. The smallest absolute Gasteiger partial charge is 0.0974 e. The lowest BCUT2D eigenvalue weighted by Gasteiger charge is -1.94. The van der Waals surface area contributed by atoms with Crippen LogP contribution in [-0.4, -0.2) is 14.9 Å². The van der Waals surface area contributed by atoms with Crippen LogP contribution in [0.3, 0.4) is 0 Å². The Morgan fingerprint density at radius 1 is 1.78 bits per heavy atom. The fourth-order valence-corrected chi connectivity index (χ4v) is 1.21. The molecule has 2 rings (SSSR count). The summed E-state index contributed by atoms with van der Waals surface area (Å²) in [5, 5.41) is 13.2. The number of hydrogen-bond acceptors (Lipinski definition) is 2. The van der Waals surface area contributed by atoms with Gasteiger partial charge in [-0.05, 0) is 12.5 Å². The zero-order valence-electron chi connectivity index (χ0n) is 4.99. The lowest BCUT2D eigenvalue weighted by Crippen LogP contribution is -1.93. The molecule has 1 unspecified atom stereocenters. The Labute approximate surface area is 52.9 Å². The molecule has 0 amide bonds. The van der Waals surface area contributed by atoms with Crippen molar-refractivity contribution in [2.75, 3.05) is 0 Å². The topological polar surface area (TPSA) is 38.0 Å². The average Bonchev–Trinajstić information content (AvgIpc) is 2.35. The molecule has 0 spiro atoms. The average molecular weight is 124 g/mol. The van der Waals surface area contributed by atoms with Crippen LogP contribution in [0.2, 0.25) is 0 Å². The molecule has 0 saturated heterocycles. The van der Waals surface area contributed by atoms with Crippen LogP contribution in [0.4, 0.5) is 0 Å². The van der Waals surface area contributed by atoms with E-state index in [2.05, 4.69) is 5.10 Å². The van der Waals surface area contributed by atoms with Crippen molar-refractivity contribution in [1.82, 2.24) is 9.78 Å². The van der Waals surface area contributed by atoms with E-state index in [1.165, 1.54) is 0 Å². The molecule has 9 heavy (non-hydrogen) atoms. The molecule has 0 saturated carbocycles. The molecule has 1 atom stereocenters. The van der Waals surface area contributed by atoms with Crippen molar-refractivity contribution in [1.29, 1.82) is 0 Å². The molecule has 1 aliphatic rings. The number of aromatic nitrogens is 2. The van der Waals surface area contributed by atoms with E-state index < -0.39 is 0 Å². The highest BCUT2D eigenvalue weighted by molar-refractivity contribution is 5.07. The second-order valence-electron chi connectivity index (χ2n) is 2.28. The van der Waals surface area contributed by atoms with Crippen LogP contribution in [-0.2, 0) is 6.54 Å². The molecule has 0 radical (unpaired) electrons. The second-order valence-corrected chi connectivity index (χ2v) is 2.28. The minimum Gasteiger partial charge on any atom is -0.387 e. The van der Waals surface area contributed by atoms with Gasteiger partial charge in [0.1, 0.15) is 0 Å². The minimum atomic E-state index is -0.271. The van der Waals surface area contributed by atoms with Crippen LogP contribution in [0.15, 0.2) is 12.3 Å². The number of rotatable bonds is 0. The Morgan fingerprint density at radius 2 is 2.67 bits per heavy atom. The van der Waals surface area contributed by atoms with Crippen LogP contribution in [0.1, 0.15) is 18.2 Å². The normalized spacial score (nSPS) is 24.3. The second kappa shape index (κ2) is 1.57. The summed E-state index contributed by atoms with van der Waals surface area (Å²) < 4.78 is 1.84. The molecule has 0 aliphatic carbocycles. The Morgan fingerprint density at radius 3 is 3.44 bits per heavy atom.